The summed E-state index contributed by atoms with van der Waals surface area (Å²) in [6.07, 6.45) is 2.05. The number of carboxylic acid groups (broad SMARTS) is 1. The number of aromatic carboxylic acids is 1. The standard InChI is InChI=1S/C21H27N3O4/c1-13-6-8-17(21(26)27)15(3)19(13)23-28-20-14(2)7-9-18(22-20)24-10-4-5-16(11-24)12-25/h6-9,16,23,25H,4-5,10-12H2,1-3H3,(H,26,27). The Balaban J connectivity index is 1.80. The number of piperidine rings is 1. The molecule has 1 fully saturated rings. The molecule has 0 bridgehead atoms. The van der Waals surface area contributed by atoms with E-state index < -0.39 is 5.97 Å². The highest BCUT2D eigenvalue weighted by molar-refractivity contribution is 5.91. The van der Waals surface area contributed by atoms with Crippen LogP contribution < -0.4 is 15.2 Å². The Morgan fingerprint density at radius 3 is 2.71 bits per heavy atom. The van der Waals surface area contributed by atoms with E-state index in [9.17, 15) is 15.0 Å². The third kappa shape index (κ3) is 4.20. The summed E-state index contributed by atoms with van der Waals surface area (Å²) < 4.78 is 0. The van der Waals surface area contributed by atoms with Crippen LogP contribution in [0.4, 0.5) is 11.5 Å². The van der Waals surface area contributed by atoms with Gasteiger partial charge in [-0.2, -0.15) is 4.98 Å². The van der Waals surface area contributed by atoms with Crippen molar-refractivity contribution in [3.63, 3.8) is 0 Å². The summed E-state index contributed by atoms with van der Waals surface area (Å²) in [5, 5.41) is 18.8. The lowest BCUT2D eigenvalue weighted by Crippen LogP contribution is -2.37. The molecule has 2 aromatic rings. The zero-order valence-corrected chi connectivity index (χ0v) is 16.5. The van der Waals surface area contributed by atoms with Crippen LogP contribution in [0.2, 0.25) is 0 Å². The van der Waals surface area contributed by atoms with Crippen molar-refractivity contribution >= 4 is 17.5 Å². The lowest BCUT2D eigenvalue weighted by Gasteiger charge is -2.32. The maximum absolute atomic E-state index is 11.4. The van der Waals surface area contributed by atoms with E-state index >= 15 is 0 Å². The van der Waals surface area contributed by atoms with Crippen molar-refractivity contribution in [1.82, 2.24) is 4.98 Å². The van der Waals surface area contributed by atoms with Gasteiger partial charge in [-0.05, 0) is 62.8 Å². The number of anilines is 2. The van der Waals surface area contributed by atoms with E-state index in [1.165, 1.54) is 0 Å². The van der Waals surface area contributed by atoms with Crippen LogP contribution in [0, 0.1) is 26.7 Å². The number of aromatic nitrogens is 1. The van der Waals surface area contributed by atoms with Crippen molar-refractivity contribution < 1.29 is 19.8 Å². The van der Waals surface area contributed by atoms with Gasteiger partial charge in [0.25, 0.3) is 5.88 Å². The second-order valence-electron chi connectivity index (χ2n) is 7.37. The van der Waals surface area contributed by atoms with Crippen LogP contribution in [0.25, 0.3) is 0 Å². The average molecular weight is 385 g/mol. The number of aliphatic hydroxyl groups excluding tert-OH is 1. The number of hydrogen-bond donors (Lipinski definition) is 3. The van der Waals surface area contributed by atoms with Crippen molar-refractivity contribution in [3.8, 4) is 5.88 Å². The van der Waals surface area contributed by atoms with E-state index in [2.05, 4.69) is 15.4 Å². The summed E-state index contributed by atoms with van der Waals surface area (Å²) in [6, 6.07) is 7.26. The molecule has 1 unspecified atom stereocenters. The number of carbonyl (C=O) groups is 1. The largest absolute Gasteiger partial charge is 0.478 e. The van der Waals surface area contributed by atoms with Gasteiger partial charge in [0.15, 0.2) is 0 Å². The molecule has 3 N–H and O–H groups in total. The topological polar surface area (TPSA) is 94.9 Å². The Morgan fingerprint density at radius 2 is 2.00 bits per heavy atom. The lowest BCUT2D eigenvalue weighted by molar-refractivity contribution is 0.0696. The van der Waals surface area contributed by atoms with Gasteiger partial charge >= 0.3 is 5.97 Å². The van der Waals surface area contributed by atoms with Crippen molar-refractivity contribution in [2.75, 3.05) is 30.1 Å². The normalized spacial score (nSPS) is 16.7. The zero-order chi connectivity index (χ0) is 20.3. The van der Waals surface area contributed by atoms with Gasteiger partial charge in [0.05, 0.1) is 11.3 Å². The Labute approximate surface area is 164 Å². The highest BCUT2D eigenvalue weighted by Crippen LogP contribution is 2.27. The number of nitrogens with one attached hydrogen (secondary N) is 1. The van der Waals surface area contributed by atoms with Gasteiger partial charge in [-0.25, -0.2) is 10.3 Å². The van der Waals surface area contributed by atoms with Crippen LogP contribution in [-0.2, 0) is 0 Å². The number of hydrogen-bond acceptors (Lipinski definition) is 6. The van der Waals surface area contributed by atoms with Crippen LogP contribution in [0.5, 0.6) is 5.88 Å². The van der Waals surface area contributed by atoms with Gasteiger partial charge in [-0.15, -0.1) is 0 Å². The summed E-state index contributed by atoms with van der Waals surface area (Å²) >= 11 is 0. The summed E-state index contributed by atoms with van der Waals surface area (Å²) in [6.45, 7) is 7.42. The molecule has 28 heavy (non-hydrogen) atoms. The molecule has 1 aromatic carbocycles. The van der Waals surface area contributed by atoms with Crippen molar-refractivity contribution in [1.29, 1.82) is 0 Å². The van der Waals surface area contributed by atoms with Crippen molar-refractivity contribution in [3.05, 3.63) is 46.5 Å². The first kappa shape index (κ1) is 19.9. The second kappa shape index (κ2) is 8.48. The van der Waals surface area contributed by atoms with Crippen LogP contribution in [-0.4, -0.2) is 40.9 Å². The van der Waals surface area contributed by atoms with Gasteiger partial charge in [-0.3, -0.25) is 0 Å². The molecule has 0 amide bonds. The van der Waals surface area contributed by atoms with E-state index in [-0.39, 0.29) is 18.1 Å². The monoisotopic (exact) mass is 385 g/mol. The Morgan fingerprint density at radius 1 is 1.25 bits per heavy atom. The van der Waals surface area contributed by atoms with E-state index in [1.54, 1.807) is 19.1 Å². The fourth-order valence-corrected chi connectivity index (χ4v) is 3.54. The number of nitrogens with zero attached hydrogens (tertiary/aromatic N) is 2. The van der Waals surface area contributed by atoms with Crippen molar-refractivity contribution in [2.45, 2.75) is 33.6 Å². The summed E-state index contributed by atoms with van der Waals surface area (Å²) in [7, 11) is 0. The summed E-state index contributed by atoms with van der Waals surface area (Å²) in [4.78, 5) is 24.0. The zero-order valence-electron chi connectivity index (χ0n) is 16.5. The van der Waals surface area contributed by atoms with Crippen LogP contribution in [0.3, 0.4) is 0 Å². The molecular weight excluding hydrogens is 358 g/mol. The minimum atomic E-state index is -0.972. The molecule has 1 aliphatic heterocycles. The molecule has 1 aliphatic rings. The smallest absolute Gasteiger partial charge is 0.336 e. The molecule has 1 aromatic heterocycles. The maximum atomic E-state index is 11.4. The van der Waals surface area contributed by atoms with Crippen LogP contribution in [0.1, 0.15) is 39.9 Å². The fraction of sp³-hybridized carbons (Fsp3) is 0.429. The van der Waals surface area contributed by atoms with E-state index in [0.717, 1.165) is 42.9 Å². The molecule has 1 saturated heterocycles. The van der Waals surface area contributed by atoms with E-state index in [4.69, 9.17) is 4.84 Å². The molecule has 7 nitrogen and oxygen atoms in total. The molecule has 0 saturated carbocycles. The molecule has 3 rings (SSSR count). The average Bonchev–Trinajstić information content (AvgIpc) is 2.68. The summed E-state index contributed by atoms with van der Waals surface area (Å²) in [5.74, 6) is 0.556. The number of rotatable bonds is 6. The number of benzene rings is 1. The van der Waals surface area contributed by atoms with E-state index in [0.29, 0.717) is 17.1 Å². The fourth-order valence-electron chi connectivity index (χ4n) is 3.54. The first-order valence-electron chi connectivity index (χ1n) is 9.50. The van der Waals surface area contributed by atoms with E-state index in [1.807, 2.05) is 26.0 Å². The SMILES string of the molecule is Cc1ccc(N2CCCC(CO)C2)nc1ONc1c(C)ccc(C(=O)O)c1C. The Hall–Kier alpha value is -2.80. The van der Waals surface area contributed by atoms with Crippen LogP contribution in [0.15, 0.2) is 24.3 Å². The van der Waals surface area contributed by atoms with Gasteiger partial charge in [0.1, 0.15) is 5.82 Å². The molecule has 0 spiro atoms. The molecule has 7 heteroatoms. The Bertz CT molecular complexity index is 869. The highest BCUT2D eigenvalue weighted by Gasteiger charge is 2.21. The molecule has 150 valence electrons. The van der Waals surface area contributed by atoms with Crippen molar-refractivity contribution in [2.24, 2.45) is 5.92 Å². The number of pyridine rings is 1. The highest BCUT2D eigenvalue weighted by atomic mass is 16.7. The van der Waals surface area contributed by atoms with Gasteiger partial charge in [0.2, 0.25) is 0 Å². The van der Waals surface area contributed by atoms with Gasteiger partial charge in [0, 0.05) is 25.3 Å². The number of aryl methyl sites for hydroxylation is 2. The maximum Gasteiger partial charge on any atom is 0.336 e. The first-order chi connectivity index (χ1) is 13.4. The quantitative estimate of drug-likeness (QED) is 0.657. The molecule has 0 radical (unpaired) electrons. The third-order valence-electron chi connectivity index (χ3n) is 5.29. The summed E-state index contributed by atoms with van der Waals surface area (Å²) in [5.41, 5.74) is 6.14. The first-order valence-corrected chi connectivity index (χ1v) is 9.50. The molecular formula is C21H27N3O4. The van der Waals surface area contributed by atoms with Crippen LogP contribution >= 0.6 is 0 Å². The van der Waals surface area contributed by atoms with Gasteiger partial charge < -0.3 is 20.0 Å². The molecule has 2 heterocycles. The minimum absolute atomic E-state index is 0.186. The van der Waals surface area contributed by atoms with Gasteiger partial charge in [-0.1, -0.05) is 12.1 Å². The third-order valence-corrected chi connectivity index (χ3v) is 5.29. The predicted molar refractivity (Wildman–Crippen MR) is 108 cm³/mol. The predicted octanol–water partition coefficient (Wildman–Crippen LogP) is 3.32. The second-order valence-corrected chi connectivity index (χ2v) is 7.37. The molecule has 0 aliphatic carbocycles. The number of aliphatic hydroxyl groups is 1. The minimum Gasteiger partial charge on any atom is -0.478 e. The molecule has 1 atom stereocenters. The Kier molecular flexibility index (Phi) is 6.04. The number of carboxylic acids is 1. The lowest BCUT2D eigenvalue weighted by atomic mass is 9.99.